The average molecular weight is 550 g/mol. The normalized spacial score (nSPS) is 19.9. The van der Waals surface area contributed by atoms with Gasteiger partial charge in [-0.3, -0.25) is 14.5 Å². The summed E-state index contributed by atoms with van der Waals surface area (Å²) in [4.78, 5) is 28.4. The van der Waals surface area contributed by atoms with Crippen LogP contribution in [0.5, 0.6) is 0 Å². The van der Waals surface area contributed by atoms with Crippen LogP contribution in [0.2, 0.25) is 0 Å². The van der Waals surface area contributed by atoms with Gasteiger partial charge >= 0.3 is 5.97 Å². The van der Waals surface area contributed by atoms with Crippen LogP contribution >= 0.6 is 67.6 Å². The third kappa shape index (κ3) is 4.14. The molecule has 1 fully saturated rings. The molecule has 27 heavy (non-hydrogen) atoms. The van der Waals surface area contributed by atoms with Crippen LogP contribution in [-0.4, -0.2) is 39.3 Å². The summed E-state index contributed by atoms with van der Waals surface area (Å²) < 4.78 is 2.24. The van der Waals surface area contributed by atoms with Gasteiger partial charge in [0, 0.05) is 20.4 Å². The maximum atomic E-state index is 12.6. The summed E-state index contributed by atoms with van der Waals surface area (Å²) in [7, 11) is 0. The number of benzene rings is 1. The zero-order valence-corrected chi connectivity index (χ0v) is 19.9. The Hall–Kier alpha value is -0.810. The van der Waals surface area contributed by atoms with Gasteiger partial charge < -0.3 is 10.0 Å². The Labute approximate surface area is 187 Å². The van der Waals surface area contributed by atoms with Crippen molar-refractivity contribution in [3.8, 4) is 0 Å². The Bertz CT molecular complexity index is 930. The third-order valence-electron chi connectivity index (χ3n) is 3.93. The van der Waals surface area contributed by atoms with Crippen LogP contribution in [0.1, 0.15) is 13.8 Å². The summed E-state index contributed by atoms with van der Waals surface area (Å²) in [5.41, 5.74) is 1.88. The molecule has 1 saturated heterocycles. The first-order valence-corrected chi connectivity index (χ1v) is 11.5. The number of carboxylic acids is 1. The van der Waals surface area contributed by atoms with Crippen molar-refractivity contribution >= 4 is 89.5 Å². The molecule has 2 aliphatic rings. The number of amides is 1. The highest BCUT2D eigenvalue weighted by atomic mass is 79.9. The SMILES string of the molecule is CCN1/C(=C/C(C)=C2/SC(=S)N(CC(=O)O)C2=O)Sc2cc(Br)c(Br)cc21. The van der Waals surface area contributed by atoms with Gasteiger partial charge in [0.15, 0.2) is 0 Å². The van der Waals surface area contributed by atoms with E-state index in [0.29, 0.717) is 4.91 Å². The molecule has 2 heterocycles. The van der Waals surface area contributed by atoms with Crippen molar-refractivity contribution in [2.45, 2.75) is 18.7 Å². The van der Waals surface area contributed by atoms with E-state index in [1.165, 1.54) is 0 Å². The highest BCUT2D eigenvalue weighted by molar-refractivity contribution is 9.13. The lowest BCUT2D eigenvalue weighted by Crippen LogP contribution is -2.33. The fourth-order valence-corrected chi connectivity index (χ4v) is 6.02. The molecule has 1 aromatic rings. The number of halogens is 2. The lowest BCUT2D eigenvalue weighted by molar-refractivity contribution is -0.140. The summed E-state index contributed by atoms with van der Waals surface area (Å²) in [5, 5.41) is 9.98. The number of nitrogens with zero attached hydrogens (tertiary/aromatic N) is 2. The molecule has 0 bridgehead atoms. The van der Waals surface area contributed by atoms with E-state index in [-0.39, 0.29) is 10.2 Å². The van der Waals surface area contributed by atoms with Gasteiger partial charge in [0.05, 0.1) is 15.6 Å². The number of aliphatic carboxylic acids is 1. The Balaban J connectivity index is 1.94. The molecule has 5 nitrogen and oxygen atoms in total. The van der Waals surface area contributed by atoms with Crippen LogP contribution in [0.3, 0.4) is 0 Å². The van der Waals surface area contributed by atoms with E-state index in [1.807, 2.05) is 13.0 Å². The molecule has 0 atom stereocenters. The van der Waals surface area contributed by atoms with Gasteiger partial charge in [0.25, 0.3) is 5.91 Å². The van der Waals surface area contributed by atoms with E-state index >= 15 is 0 Å². The number of hydrogen-bond acceptors (Lipinski definition) is 6. The van der Waals surface area contributed by atoms with Gasteiger partial charge in [-0.15, -0.1) is 0 Å². The molecule has 3 rings (SSSR count). The zero-order valence-electron chi connectivity index (χ0n) is 14.3. The van der Waals surface area contributed by atoms with Crippen molar-refractivity contribution in [2.24, 2.45) is 0 Å². The summed E-state index contributed by atoms with van der Waals surface area (Å²) >= 11 is 15.0. The molecule has 0 saturated carbocycles. The first-order valence-electron chi connectivity index (χ1n) is 7.85. The first kappa shape index (κ1) is 20.9. The maximum absolute atomic E-state index is 12.6. The second-order valence-corrected chi connectivity index (χ2v) is 10.1. The molecule has 0 spiro atoms. The highest BCUT2D eigenvalue weighted by Crippen LogP contribution is 2.49. The highest BCUT2D eigenvalue weighted by Gasteiger charge is 2.35. The van der Waals surface area contributed by atoms with Gasteiger partial charge in [-0.25, -0.2) is 0 Å². The zero-order chi connectivity index (χ0) is 19.9. The maximum Gasteiger partial charge on any atom is 0.323 e. The van der Waals surface area contributed by atoms with Crippen LogP contribution in [0.15, 0.2) is 47.6 Å². The molecule has 1 amide bonds. The molecular weight excluding hydrogens is 536 g/mol. The molecule has 0 radical (unpaired) electrons. The van der Waals surface area contributed by atoms with Crippen LogP contribution in [0.4, 0.5) is 5.69 Å². The number of carbonyl (C=O) groups excluding carboxylic acids is 1. The largest absolute Gasteiger partial charge is 0.480 e. The number of thioether (sulfide) groups is 2. The van der Waals surface area contributed by atoms with E-state index in [2.05, 4.69) is 55.8 Å². The fourth-order valence-electron chi connectivity index (χ4n) is 2.69. The topological polar surface area (TPSA) is 60.9 Å². The molecule has 1 aromatic carbocycles. The van der Waals surface area contributed by atoms with E-state index in [1.54, 1.807) is 11.8 Å². The molecule has 0 aliphatic carbocycles. The Morgan fingerprint density at radius 3 is 2.56 bits per heavy atom. The van der Waals surface area contributed by atoms with Crippen LogP contribution in [0.25, 0.3) is 0 Å². The lowest BCUT2D eigenvalue weighted by atomic mass is 10.2. The number of allylic oxidation sites excluding steroid dienone is 2. The van der Waals surface area contributed by atoms with Crippen molar-refractivity contribution in [3.05, 3.63) is 42.7 Å². The van der Waals surface area contributed by atoms with E-state index < -0.39 is 12.5 Å². The summed E-state index contributed by atoms with van der Waals surface area (Å²) in [6.45, 7) is 4.29. The van der Waals surface area contributed by atoms with Crippen molar-refractivity contribution in [2.75, 3.05) is 18.0 Å². The Morgan fingerprint density at radius 1 is 1.26 bits per heavy atom. The quantitative estimate of drug-likeness (QED) is 0.409. The van der Waals surface area contributed by atoms with Gasteiger partial charge in [0.1, 0.15) is 10.9 Å². The monoisotopic (exact) mass is 548 g/mol. The van der Waals surface area contributed by atoms with E-state index in [9.17, 15) is 9.59 Å². The summed E-state index contributed by atoms with van der Waals surface area (Å²) in [6, 6.07) is 4.13. The minimum absolute atomic E-state index is 0.276. The molecule has 1 N–H and O–H groups in total. The molecular formula is C17H14Br2N2O3S3. The Morgan fingerprint density at radius 2 is 1.93 bits per heavy atom. The van der Waals surface area contributed by atoms with Crippen molar-refractivity contribution < 1.29 is 14.7 Å². The molecule has 0 unspecified atom stereocenters. The van der Waals surface area contributed by atoms with Crippen molar-refractivity contribution in [1.29, 1.82) is 0 Å². The molecule has 0 aromatic heterocycles. The number of hydrogen-bond donors (Lipinski definition) is 1. The third-order valence-corrected chi connectivity index (χ3v) is 8.43. The van der Waals surface area contributed by atoms with Gasteiger partial charge in [-0.2, -0.15) is 0 Å². The standard InChI is InChI=1S/C17H14Br2N2O3S3/c1-3-20-11-5-9(18)10(19)6-12(11)26-13(20)4-8(2)15-16(24)21(7-14(22)23)17(25)27-15/h4-6H,3,7H2,1-2H3,(H,22,23)/b13-4-,15-8+. The fraction of sp³-hybridized carbons (Fsp3) is 0.235. The van der Waals surface area contributed by atoms with Crippen LogP contribution < -0.4 is 4.90 Å². The predicted molar refractivity (Wildman–Crippen MR) is 121 cm³/mol. The van der Waals surface area contributed by atoms with Crippen LogP contribution in [0, 0.1) is 0 Å². The summed E-state index contributed by atoms with van der Waals surface area (Å²) in [5.74, 6) is -1.44. The second-order valence-electron chi connectivity index (χ2n) is 5.73. The number of carbonyl (C=O) groups is 2. The number of carboxylic acid groups (broad SMARTS) is 1. The minimum Gasteiger partial charge on any atom is -0.480 e. The van der Waals surface area contributed by atoms with E-state index in [4.69, 9.17) is 17.3 Å². The molecule has 2 aliphatic heterocycles. The smallest absolute Gasteiger partial charge is 0.323 e. The summed E-state index contributed by atoms with van der Waals surface area (Å²) in [6.07, 6.45) is 1.96. The lowest BCUT2D eigenvalue weighted by Gasteiger charge is -2.18. The number of fused-ring (bicyclic) bond motifs is 1. The number of thiocarbonyl (C=S) groups is 1. The van der Waals surface area contributed by atoms with Gasteiger partial charge in [-0.1, -0.05) is 35.7 Å². The van der Waals surface area contributed by atoms with Gasteiger partial charge in [0.2, 0.25) is 0 Å². The second kappa shape index (κ2) is 8.28. The van der Waals surface area contributed by atoms with Crippen LogP contribution in [-0.2, 0) is 9.59 Å². The van der Waals surface area contributed by atoms with Crippen molar-refractivity contribution in [1.82, 2.24) is 4.90 Å². The van der Waals surface area contributed by atoms with Crippen molar-refractivity contribution in [3.63, 3.8) is 0 Å². The molecule has 10 heteroatoms. The number of anilines is 1. The van der Waals surface area contributed by atoms with Gasteiger partial charge in [-0.05, 0) is 69.5 Å². The minimum atomic E-state index is -1.08. The first-order chi connectivity index (χ1) is 12.7. The van der Waals surface area contributed by atoms with E-state index in [0.717, 1.165) is 53.3 Å². The average Bonchev–Trinajstić information content (AvgIpc) is 3.06. The Kier molecular flexibility index (Phi) is 6.41. The predicted octanol–water partition coefficient (Wildman–Crippen LogP) is 5.20. The number of rotatable bonds is 4. The molecule has 142 valence electrons.